The van der Waals surface area contributed by atoms with Crippen LogP contribution < -0.4 is 24.8 Å². The number of amides is 4. The number of urea groups is 1. The lowest BCUT2D eigenvalue weighted by Gasteiger charge is -2.56. The van der Waals surface area contributed by atoms with E-state index in [2.05, 4.69) is 42.9 Å². The van der Waals surface area contributed by atoms with Crippen LogP contribution in [0.2, 0.25) is 0 Å². The lowest BCUT2D eigenvalue weighted by Crippen LogP contribution is -2.63. The molecule has 0 bridgehead atoms. The van der Waals surface area contributed by atoms with Crippen molar-refractivity contribution in [2.75, 3.05) is 80.7 Å². The van der Waals surface area contributed by atoms with Gasteiger partial charge in [0.25, 0.3) is 0 Å². The summed E-state index contributed by atoms with van der Waals surface area (Å²) in [7, 11) is 1.55. The molecule has 3 aromatic carbocycles. The summed E-state index contributed by atoms with van der Waals surface area (Å²) in [5.41, 5.74) is 2.23. The number of para-hydroxylation sites is 1. The van der Waals surface area contributed by atoms with E-state index in [1.54, 1.807) is 18.1 Å². The van der Waals surface area contributed by atoms with Crippen LogP contribution in [0, 0.1) is 28.9 Å². The van der Waals surface area contributed by atoms with Gasteiger partial charge in [0, 0.05) is 94.6 Å². The van der Waals surface area contributed by atoms with Crippen molar-refractivity contribution in [2.24, 2.45) is 17.3 Å². The number of rotatable bonds is 12. The Morgan fingerprint density at radius 1 is 0.762 bits per heavy atom. The quantitative estimate of drug-likeness (QED) is 0.137. The van der Waals surface area contributed by atoms with E-state index in [4.69, 9.17) is 4.74 Å². The number of piperidine rings is 1. The van der Waals surface area contributed by atoms with E-state index in [0.29, 0.717) is 60.7 Å². The molecule has 1 atom stereocenters. The summed E-state index contributed by atoms with van der Waals surface area (Å²) in [4.78, 5) is 48.5. The van der Waals surface area contributed by atoms with E-state index in [-0.39, 0.29) is 29.4 Å². The fourth-order valence-electron chi connectivity index (χ4n) is 11.5. The van der Waals surface area contributed by atoms with Gasteiger partial charge < -0.3 is 29.1 Å². The van der Waals surface area contributed by atoms with Crippen molar-refractivity contribution < 1.29 is 33.0 Å². The number of halogens is 2. The second-order valence-electron chi connectivity index (χ2n) is 18.5. The third kappa shape index (κ3) is 7.91. The minimum atomic E-state index is -0.836. The third-order valence-corrected chi connectivity index (χ3v) is 15.3. The first-order valence-corrected chi connectivity index (χ1v) is 23.1. The molecule has 0 spiro atoms. The van der Waals surface area contributed by atoms with E-state index >= 15 is 4.39 Å². The molecule has 4 aliphatic heterocycles. The maximum atomic E-state index is 16.3. The highest BCUT2D eigenvalue weighted by atomic mass is 19.1. The lowest BCUT2D eigenvalue weighted by atomic mass is 9.64. The zero-order chi connectivity index (χ0) is 44.0. The van der Waals surface area contributed by atoms with E-state index in [1.807, 2.05) is 26.0 Å². The van der Waals surface area contributed by atoms with Gasteiger partial charge in [0.1, 0.15) is 11.6 Å². The highest BCUT2D eigenvalue weighted by molar-refractivity contribution is 6.10. The molecule has 12 nitrogen and oxygen atoms in total. The molecule has 5 fully saturated rings. The van der Waals surface area contributed by atoms with Gasteiger partial charge in [-0.15, -0.1) is 0 Å². The Hall–Kier alpha value is -5.21. The second-order valence-corrected chi connectivity index (χ2v) is 18.5. The number of aromatic nitrogens is 1. The Bertz CT molecular complexity index is 2340. The molecular weight excluding hydrogens is 805 g/mol. The third-order valence-electron chi connectivity index (χ3n) is 15.3. The lowest BCUT2D eigenvalue weighted by molar-refractivity contribution is -0.141. The fourth-order valence-corrected chi connectivity index (χ4v) is 11.5. The number of nitrogens with zero attached hydrogens (tertiary/aromatic N) is 6. The van der Waals surface area contributed by atoms with Crippen molar-refractivity contribution in [1.82, 2.24) is 19.7 Å². The van der Waals surface area contributed by atoms with E-state index < -0.39 is 23.0 Å². The number of hydrogen-bond donors (Lipinski definition) is 2. The van der Waals surface area contributed by atoms with Crippen molar-refractivity contribution in [3.8, 4) is 11.5 Å². The Kier molecular flexibility index (Phi) is 12.1. The number of nitrogens with one attached hydrogen (secondary N) is 1. The monoisotopic (exact) mass is 865 g/mol. The summed E-state index contributed by atoms with van der Waals surface area (Å²) in [6.45, 7) is 12.2. The van der Waals surface area contributed by atoms with Gasteiger partial charge in [0.05, 0.1) is 41.1 Å². The van der Waals surface area contributed by atoms with Crippen LogP contribution in [0.15, 0.2) is 60.8 Å². The van der Waals surface area contributed by atoms with Crippen LogP contribution in [0.5, 0.6) is 11.5 Å². The number of phenols is 1. The van der Waals surface area contributed by atoms with Gasteiger partial charge in [-0.25, -0.2) is 13.6 Å². The first kappa shape index (κ1) is 43.1. The maximum absolute atomic E-state index is 16.3. The molecule has 1 unspecified atom stereocenters. The number of methoxy groups -OCH3 is 1. The number of phenolic OH excluding ortho intramolecular Hbond substituents is 1. The smallest absolute Gasteiger partial charge is 0.328 e. The van der Waals surface area contributed by atoms with Crippen LogP contribution in [-0.2, 0) is 9.59 Å². The number of fused-ring (bicyclic) bond motifs is 1. The Morgan fingerprint density at radius 3 is 2.06 bits per heavy atom. The number of piperazine rings is 1. The molecular formula is C49H61F2N7O5. The average molecular weight is 866 g/mol. The average Bonchev–Trinajstić information content (AvgIpc) is 3.73. The molecule has 4 amide bonds. The summed E-state index contributed by atoms with van der Waals surface area (Å²) < 4.78 is 39.0. The molecule has 4 aromatic rings. The summed E-state index contributed by atoms with van der Waals surface area (Å²) in [5, 5.41) is 14.1. The summed E-state index contributed by atoms with van der Waals surface area (Å²) >= 11 is 0. The van der Waals surface area contributed by atoms with E-state index in [0.717, 1.165) is 101 Å². The highest BCUT2D eigenvalue weighted by Crippen LogP contribution is 2.59. The highest BCUT2D eigenvalue weighted by Gasteiger charge is 2.61. The molecule has 5 heterocycles. The number of carbonyl (C=O) groups is 3. The van der Waals surface area contributed by atoms with E-state index in [9.17, 15) is 23.9 Å². The summed E-state index contributed by atoms with van der Waals surface area (Å²) in [6, 6.07) is 15.0. The Balaban J connectivity index is 0.755. The molecule has 14 heteroatoms. The molecule has 2 N–H and O–H groups in total. The van der Waals surface area contributed by atoms with Crippen LogP contribution in [-0.4, -0.2) is 103 Å². The first-order valence-electron chi connectivity index (χ1n) is 23.1. The number of hydrogen-bond acceptors (Lipinski definition) is 8. The number of carbonyl (C=O) groups excluding carboxylic acids is 3. The van der Waals surface area contributed by atoms with Crippen LogP contribution >= 0.6 is 0 Å². The summed E-state index contributed by atoms with van der Waals surface area (Å²) in [5.74, 6) is -0.540. The van der Waals surface area contributed by atoms with Gasteiger partial charge in [0.15, 0.2) is 11.6 Å². The molecule has 336 valence electrons. The summed E-state index contributed by atoms with van der Waals surface area (Å²) in [6.07, 6.45) is 10.1. The van der Waals surface area contributed by atoms with Crippen LogP contribution in [0.1, 0.15) is 89.3 Å². The number of β-lactam (4-membered cyclic amide) rings is 1. The van der Waals surface area contributed by atoms with E-state index in [1.165, 1.54) is 35.9 Å². The van der Waals surface area contributed by atoms with Gasteiger partial charge in [-0.2, -0.15) is 0 Å². The van der Waals surface area contributed by atoms with Gasteiger partial charge in [-0.05, 0) is 99.6 Å². The van der Waals surface area contributed by atoms with Gasteiger partial charge >= 0.3 is 6.03 Å². The number of anilines is 3. The van der Waals surface area contributed by atoms with Crippen molar-refractivity contribution in [3.05, 3.63) is 78.0 Å². The molecule has 1 saturated carbocycles. The second kappa shape index (κ2) is 17.8. The number of benzene rings is 3. The number of imide groups is 1. The van der Waals surface area contributed by atoms with Crippen LogP contribution in [0.4, 0.5) is 30.6 Å². The minimum Gasteiger partial charge on any atom is -0.503 e. The SMILES string of the molecule is CCC1(CC)C(=O)N(c2cccc(F)c2O)C1c1cc(F)c(N2CCC(CN3CCN(CC4CCC(n5ccc6c(N7CCC(=O)NC7=O)cccc65)CC4)CC3)CC2)cc1OC. The van der Waals surface area contributed by atoms with Crippen molar-refractivity contribution >= 4 is 45.8 Å². The predicted molar refractivity (Wildman–Crippen MR) is 241 cm³/mol. The zero-order valence-corrected chi connectivity index (χ0v) is 36.8. The maximum Gasteiger partial charge on any atom is 0.328 e. The minimum absolute atomic E-state index is 0.0726. The molecule has 9 rings (SSSR count). The normalized spacial score (nSPS) is 23.9. The Labute approximate surface area is 368 Å². The van der Waals surface area contributed by atoms with Gasteiger partial charge in [0.2, 0.25) is 11.8 Å². The van der Waals surface area contributed by atoms with Crippen molar-refractivity contribution in [3.63, 3.8) is 0 Å². The molecule has 4 saturated heterocycles. The largest absolute Gasteiger partial charge is 0.503 e. The van der Waals surface area contributed by atoms with Crippen LogP contribution in [0.3, 0.4) is 0 Å². The topological polar surface area (TPSA) is 114 Å². The standard InChI is InChI=1S/C49H61F2N7O5/c1-4-49(5-2)46(58(47(49)61)41-11-6-8-37(50)45(41)60)36-28-38(51)42(29-43(36)63-3)55-20-16-33(17-21-55)31-54-26-24-53(25-27-54)30-32-12-14-34(15-13-32)56-22-18-35-39(56)9-7-10-40(35)57-23-19-44(59)52-48(57)62/h6-11,18,22,28-29,32-34,46,60H,4-5,12-17,19-21,23-27,30-31H2,1-3H3,(H,52,59,62). The number of ether oxygens (including phenoxy) is 1. The van der Waals surface area contributed by atoms with Gasteiger partial charge in [-0.3, -0.25) is 24.7 Å². The predicted octanol–water partition coefficient (Wildman–Crippen LogP) is 8.24. The molecule has 0 radical (unpaired) electrons. The van der Waals surface area contributed by atoms with Crippen molar-refractivity contribution in [1.29, 1.82) is 0 Å². The Morgan fingerprint density at radius 2 is 1.41 bits per heavy atom. The fraction of sp³-hybridized carbons (Fsp3) is 0.531. The van der Waals surface area contributed by atoms with Gasteiger partial charge in [-0.1, -0.05) is 26.0 Å². The van der Waals surface area contributed by atoms with Crippen molar-refractivity contribution in [2.45, 2.75) is 83.7 Å². The zero-order valence-electron chi connectivity index (χ0n) is 36.8. The number of aromatic hydroxyl groups is 1. The molecule has 1 aliphatic carbocycles. The molecule has 63 heavy (non-hydrogen) atoms. The first-order chi connectivity index (χ1) is 30.5. The molecule has 1 aromatic heterocycles. The molecule has 5 aliphatic rings. The van der Waals surface area contributed by atoms with Crippen LogP contribution in [0.25, 0.3) is 10.9 Å².